The van der Waals surface area contributed by atoms with Crippen LogP contribution in [0.15, 0.2) is 46.9 Å². The van der Waals surface area contributed by atoms with Crippen LogP contribution in [0.2, 0.25) is 0 Å². The normalized spacial score (nSPS) is 19.5. The number of hydrogen-bond donors (Lipinski definition) is 2. The fourth-order valence-electron chi connectivity index (χ4n) is 4.66. The number of hydrogen-bond acceptors (Lipinski definition) is 5. The molecule has 0 aliphatic carbocycles. The Hall–Kier alpha value is -3.94. The average molecular weight is 460 g/mol. The molecule has 1 aromatic heterocycles. The van der Waals surface area contributed by atoms with Crippen molar-refractivity contribution in [1.29, 1.82) is 0 Å². The molecule has 4 amide bonds. The van der Waals surface area contributed by atoms with E-state index in [0.29, 0.717) is 35.9 Å². The van der Waals surface area contributed by atoms with E-state index in [1.807, 2.05) is 44.2 Å². The molecule has 0 bridgehead atoms. The minimum absolute atomic E-state index is 0.0689. The molecule has 174 valence electrons. The Morgan fingerprint density at radius 2 is 1.85 bits per heavy atom. The Balaban J connectivity index is 1.50. The summed E-state index contributed by atoms with van der Waals surface area (Å²) in [5.41, 5.74) is 2.38. The highest BCUT2D eigenvalue weighted by atomic mass is 16.3. The molecule has 1 saturated heterocycles. The second-order valence-electron chi connectivity index (χ2n) is 8.87. The topological polar surface area (TPSA) is 109 Å². The van der Waals surface area contributed by atoms with Gasteiger partial charge in [0.05, 0.1) is 6.54 Å². The van der Waals surface area contributed by atoms with Crippen molar-refractivity contribution >= 4 is 34.6 Å². The molecule has 0 saturated carbocycles. The third-order valence-corrected chi connectivity index (χ3v) is 6.63. The summed E-state index contributed by atoms with van der Waals surface area (Å²) in [6, 6.07) is 12.3. The summed E-state index contributed by atoms with van der Waals surface area (Å²) in [6.45, 7) is 4.12. The van der Waals surface area contributed by atoms with Crippen molar-refractivity contribution in [3.8, 4) is 0 Å². The predicted octanol–water partition coefficient (Wildman–Crippen LogP) is 3.21. The number of carbonyl (C=O) groups excluding carboxylic acids is 4. The zero-order valence-corrected chi connectivity index (χ0v) is 19.1. The standard InChI is InChI=1S/C26H25N3O5/c1-3-15-5-7-17-13-29(23(31)20(17)11-15)14-26(24(32)27-25(33)28-26)22-12-18-9-16(10-19(30)4-2)6-8-21(18)34-22/h5-9,11-12H,3-4,10,13-14H2,1-2H3,(H2,27,28,32,33)/t26-/m0/s1. The summed E-state index contributed by atoms with van der Waals surface area (Å²) < 4.78 is 6.02. The molecule has 2 aliphatic heterocycles. The van der Waals surface area contributed by atoms with E-state index in [0.717, 1.165) is 23.1 Å². The van der Waals surface area contributed by atoms with Gasteiger partial charge in [-0.2, -0.15) is 0 Å². The zero-order chi connectivity index (χ0) is 24.0. The maximum atomic E-state index is 13.2. The number of fused-ring (bicyclic) bond motifs is 2. The number of nitrogens with one attached hydrogen (secondary N) is 2. The molecule has 8 heteroatoms. The van der Waals surface area contributed by atoms with E-state index >= 15 is 0 Å². The van der Waals surface area contributed by atoms with Crippen LogP contribution >= 0.6 is 0 Å². The van der Waals surface area contributed by atoms with Gasteiger partial charge in [0, 0.05) is 30.3 Å². The number of nitrogens with zero attached hydrogens (tertiary/aromatic N) is 1. The molecular formula is C26H25N3O5. The molecular weight excluding hydrogens is 434 g/mol. The number of ketones is 1. The molecule has 34 heavy (non-hydrogen) atoms. The lowest BCUT2D eigenvalue weighted by Crippen LogP contribution is -2.52. The van der Waals surface area contributed by atoms with Gasteiger partial charge >= 0.3 is 6.03 Å². The molecule has 1 atom stereocenters. The first-order chi connectivity index (χ1) is 16.3. The minimum atomic E-state index is -1.55. The number of benzene rings is 2. The Morgan fingerprint density at radius 3 is 2.56 bits per heavy atom. The number of imide groups is 1. The molecule has 8 nitrogen and oxygen atoms in total. The maximum Gasteiger partial charge on any atom is 0.322 e. The monoisotopic (exact) mass is 459 g/mol. The van der Waals surface area contributed by atoms with E-state index in [1.165, 1.54) is 0 Å². The van der Waals surface area contributed by atoms with Crippen molar-refractivity contribution < 1.29 is 23.6 Å². The fourth-order valence-corrected chi connectivity index (χ4v) is 4.66. The number of amides is 4. The van der Waals surface area contributed by atoms with Crippen LogP contribution in [0, 0.1) is 0 Å². The molecule has 3 aromatic rings. The number of aryl methyl sites for hydroxylation is 1. The third kappa shape index (κ3) is 3.55. The Kier molecular flexibility index (Phi) is 5.23. The van der Waals surface area contributed by atoms with E-state index < -0.39 is 17.5 Å². The van der Waals surface area contributed by atoms with Crippen LogP contribution in [0.4, 0.5) is 4.79 Å². The van der Waals surface area contributed by atoms with Gasteiger partial charge in [0.25, 0.3) is 11.8 Å². The summed E-state index contributed by atoms with van der Waals surface area (Å²) in [4.78, 5) is 51.9. The van der Waals surface area contributed by atoms with Crippen LogP contribution in [0.3, 0.4) is 0 Å². The quantitative estimate of drug-likeness (QED) is 0.528. The lowest BCUT2D eigenvalue weighted by Gasteiger charge is -2.29. The lowest BCUT2D eigenvalue weighted by atomic mass is 9.95. The molecule has 2 aliphatic rings. The van der Waals surface area contributed by atoms with Crippen LogP contribution < -0.4 is 10.6 Å². The predicted molar refractivity (Wildman–Crippen MR) is 124 cm³/mol. The van der Waals surface area contributed by atoms with Gasteiger partial charge in [-0.25, -0.2) is 4.79 Å². The van der Waals surface area contributed by atoms with Gasteiger partial charge in [-0.3, -0.25) is 19.7 Å². The number of urea groups is 1. The fraction of sp³-hybridized carbons (Fsp3) is 0.308. The maximum absolute atomic E-state index is 13.2. The van der Waals surface area contributed by atoms with E-state index in [9.17, 15) is 19.2 Å². The Morgan fingerprint density at radius 1 is 1.06 bits per heavy atom. The largest absolute Gasteiger partial charge is 0.458 e. The van der Waals surface area contributed by atoms with Crippen molar-refractivity contribution in [2.45, 2.75) is 45.2 Å². The summed E-state index contributed by atoms with van der Waals surface area (Å²) >= 11 is 0. The van der Waals surface area contributed by atoms with Gasteiger partial charge in [0.1, 0.15) is 17.1 Å². The molecule has 5 rings (SSSR count). The molecule has 0 unspecified atom stereocenters. The second kappa shape index (κ2) is 8.13. The van der Waals surface area contributed by atoms with Crippen LogP contribution in [-0.4, -0.2) is 35.1 Å². The molecule has 2 aromatic carbocycles. The van der Waals surface area contributed by atoms with E-state index in [4.69, 9.17) is 4.42 Å². The van der Waals surface area contributed by atoms with Gasteiger partial charge in [0.15, 0.2) is 5.54 Å². The summed E-state index contributed by atoms with van der Waals surface area (Å²) in [6.07, 6.45) is 1.58. The van der Waals surface area contributed by atoms with Gasteiger partial charge in [0.2, 0.25) is 0 Å². The van der Waals surface area contributed by atoms with Crippen LogP contribution in [0.1, 0.15) is 53.1 Å². The van der Waals surface area contributed by atoms with E-state index in [1.54, 1.807) is 17.0 Å². The molecule has 1 fully saturated rings. The molecule has 3 heterocycles. The van der Waals surface area contributed by atoms with Crippen molar-refractivity contribution in [1.82, 2.24) is 15.5 Å². The first-order valence-corrected chi connectivity index (χ1v) is 11.4. The smallest absolute Gasteiger partial charge is 0.322 e. The van der Waals surface area contributed by atoms with Crippen molar-refractivity contribution in [3.63, 3.8) is 0 Å². The number of furan rings is 1. The highest BCUT2D eigenvalue weighted by Gasteiger charge is 2.53. The van der Waals surface area contributed by atoms with Crippen molar-refractivity contribution in [3.05, 3.63) is 70.5 Å². The Labute approximate surface area is 196 Å². The van der Waals surface area contributed by atoms with Crippen LogP contribution in [0.25, 0.3) is 11.0 Å². The van der Waals surface area contributed by atoms with Gasteiger partial charge in [-0.15, -0.1) is 0 Å². The molecule has 0 spiro atoms. The highest BCUT2D eigenvalue weighted by Crippen LogP contribution is 2.34. The molecule has 0 radical (unpaired) electrons. The summed E-state index contributed by atoms with van der Waals surface area (Å²) in [5, 5.41) is 5.71. The number of Topliss-reactive ketones (excluding diaryl/α,β-unsaturated/α-hetero) is 1. The van der Waals surface area contributed by atoms with Gasteiger partial charge < -0.3 is 14.6 Å². The van der Waals surface area contributed by atoms with Crippen molar-refractivity contribution in [2.24, 2.45) is 0 Å². The summed E-state index contributed by atoms with van der Waals surface area (Å²) in [5.74, 6) is -0.394. The van der Waals surface area contributed by atoms with E-state index in [2.05, 4.69) is 10.6 Å². The van der Waals surface area contributed by atoms with Gasteiger partial charge in [-0.1, -0.05) is 32.0 Å². The molecule has 2 N–H and O–H groups in total. The van der Waals surface area contributed by atoms with Gasteiger partial charge in [-0.05, 0) is 47.4 Å². The summed E-state index contributed by atoms with van der Waals surface area (Å²) in [7, 11) is 0. The average Bonchev–Trinajstić information content (AvgIpc) is 3.47. The Bertz CT molecular complexity index is 1360. The first-order valence-electron chi connectivity index (χ1n) is 11.4. The van der Waals surface area contributed by atoms with Crippen molar-refractivity contribution in [2.75, 3.05) is 6.54 Å². The van der Waals surface area contributed by atoms with Crippen LogP contribution in [-0.2, 0) is 34.5 Å². The highest BCUT2D eigenvalue weighted by molar-refractivity contribution is 6.08. The lowest BCUT2D eigenvalue weighted by molar-refractivity contribution is -0.125. The second-order valence-corrected chi connectivity index (χ2v) is 8.87. The number of rotatable bonds is 7. The number of carbonyl (C=O) groups is 4. The van der Waals surface area contributed by atoms with Crippen LogP contribution in [0.5, 0.6) is 0 Å². The first kappa shape index (κ1) is 21.9. The SMILES string of the molecule is CCC(=O)Cc1ccc2oc([C@]3(CN4Cc5ccc(CC)cc5C4=O)NC(=O)NC3=O)cc2c1. The minimum Gasteiger partial charge on any atom is -0.458 e. The van der Waals surface area contributed by atoms with E-state index in [-0.39, 0.29) is 24.0 Å². The zero-order valence-electron chi connectivity index (χ0n) is 19.1. The third-order valence-electron chi connectivity index (χ3n) is 6.63.